The van der Waals surface area contributed by atoms with Crippen LogP contribution in [0.3, 0.4) is 0 Å². The third-order valence-electron chi connectivity index (χ3n) is 3.34. The van der Waals surface area contributed by atoms with E-state index in [0.717, 1.165) is 0 Å². The molecule has 0 aromatic heterocycles. The predicted molar refractivity (Wildman–Crippen MR) is 89.5 cm³/mol. The number of benzene rings is 2. The fourth-order valence-corrected chi connectivity index (χ4v) is 3.43. The minimum atomic E-state index is -3.66. The van der Waals surface area contributed by atoms with Gasteiger partial charge in [-0.2, -0.15) is 5.26 Å². The first kappa shape index (κ1) is 18.0. The fourth-order valence-electron chi connectivity index (χ4n) is 1.97. The SMILES string of the molecule is C[C@@H](CC(=O)Oc1ccc(C#N)cc1)S(=O)(=O)c1ccc(Cl)cc1. The monoisotopic (exact) mass is 363 g/mol. The van der Waals surface area contributed by atoms with Gasteiger partial charge in [-0.25, -0.2) is 8.42 Å². The number of carbonyl (C=O) groups excluding carboxylic acids is 1. The maximum atomic E-state index is 12.4. The molecule has 2 rings (SSSR count). The standard InChI is InChI=1S/C17H14ClNO4S/c1-12(24(21,22)16-8-4-14(18)5-9-16)10-17(20)23-15-6-2-13(11-19)3-7-15/h2-9,12H,10H2,1H3/t12-/m0/s1. The average molecular weight is 364 g/mol. The molecule has 7 heteroatoms. The highest BCUT2D eigenvalue weighted by Crippen LogP contribution is 2.21. The molecule has 0 heterocycles. The molecular weight excluding hydrogens is 350 g/mol. The minimum absolute atomic E-state index is 0.102. The smallest absolute Gasteiger partial charge is 0.312 e. The van der Waals surface area contributed by atoms with Gasteiger partial charge in [-0.3, -0.25) is 4.79 Å². The molecule has 2 aromatic carbocycles. The van der Waals surface area contributed by atoms with Gasteiger partial charge in [0, 0.05) is 5.02 Å². The number of ether oxygens (including phenoxy) is 1. The van der Waals surface area contributed by atoms with Crippen LogP contribution in [0.5, 0.6) is 5.75 Å². The van der Waals surface area contributed by atoms with Gasteiger partial charge in [-0.05, 0) is 55.5 Å². The van der Waals surface area contributed by atoms with Crippen molar-refractivity contribution in [1.82, 2.24) is 0 Å². The van der Waals surface area contributed by atoms with Crippen LogP contribution < -0.4 is 4.74 Å². The first-order chi connectivity index (χ1) is 11.3. The van der Waals surface area contributed by atoms with E-state index in [2.05, 4.69) is 0 Å². The number of esters is 1. The lowest BCUT2D eigenvalue weighted by atomic mass is 10.2. The Hall–Kier alpha value is -2.36. The van der Waals surface area contributed by atoms with Gasteiger partial charge >= 0.3 is 5.97 Å². The van der Waals surface area contributed by atoms with Crippen LogP contribution in [0.2, 0.25) is 5.02 Å². The Balaban J connectivity index is 2.04. The molecule has 1 atom stereocenters. The summed E-state index contributed by atoms with van der Waals surface area (Å²) in [6, 6.07) is 13.7. The number of nitrogens with zero attached hydrogens (tertiary/aromatic N) is 1. The Morgan fingerprint density at radius 3 is 2.29 bits per heavy atom. The largest absolute Gasteiger partial charge is 0.426 e. The van der Waals surface area contributed by atoms with E-state index < -0.39 is 21.1 Å². The van der Waals surface area contributed by atoms with Crippen LogP contribution in [0, 0.1) is 11.3 Å². The van der Waals surface area contributed by atoms with Gasteiger partial charge in [0.25, 0.3) is 0 Å². The number of carbonyl (C=O) groups is 1. The van der Waals surface area contributed by atoms with Gasteiger partial charge in [-0.15, -0.1) is 0 Å². The van der Waals surface area contributed by atoms with Crippen molar-refractivity contribution in [2.24, 2.45) is 0 Å². The summed E-state index contributed by atoms with van der Waals surface area (Å²) in [5, 5.41) is 8.20. The van der Waals surface area contributed by atoms with E-state index in [9.17, 15) is 13.2 Å². The first-order valence-electron chi connectivity index (χ1n) is 7.03. The molecule has 0 fully saturated rings. The third kappa shape index (κ3) is 4.34. The Morgan fingerprint density at radius 1 is 1.17 bits per heavy atom. The molecule has 2 aromatic rings. The molecule has 0 aliphatic rings. The highest BCUT2D eigenvalue weighted by molar-refractivity contribution is 7.92. The number of halogens is 1. The van der Waals surface area contributed by atoms with Gasteiger partial charge in [0.2, 0.25) is 0 Å². The molecule has 124 valence electrons. The Labute approximate surface area is 145 Å². The van der Waals surface area contributed by atoms with Crippen molar-refractivity contribution in [3.05, 3.63) is 59.1 Å². The van der Waals surface area contributed by atoms with Crippen LogP contribution in [0.25, 0.3) is 0 Å². The summed E-state index contributed by atoms with van der Waals surface area (Å²) < 4.78 is 30.0. The number of rotatable bonds is 5. The Kier molecular flexibility index (Phi) is 5.60. The first-order valence-corrected chi connectivity index (χ1v) is 8.95. The zero-order valence-electron chi connectivity index (χ0n) is 12.8. The van der Waals surface area contributed by atoms with Gasteiger partial charge in [0.15, 0.2) is 9.84 Å². The molecule has 0 saturated heterocycles. The topological polar surface area (TPSA) is 84.2 Å². The highest BCUT2D eigenvalue weighted by atomic mass is 35.5. The van der Waals surface area contributed by atoms with Crippen molar-refractivity contribution in [3.8, 4) is 11.8 Å². The molecule has 0 saturated carbocycles. The number of nitriles is 1. The summed E-state index contributed by atoms with van der Waals surface area (Å²) in [5.41, 5.74) is 0.438. The molecule has 0 spiro atoms. The normalized spacial score (nSPS) is 12.2. The van der Waals surface area contributed by atoms with Crippen molar-refractivity contribution in [3.63, 3.8) is 0 Å². The molecular formula is C17H14ClNO4S. The fraction of sp³-hybridized carbons (Fsp3) is 0.176. The van der Waals surface area contributed by atoms with E-state index in [4.69, 9.17) is 21.6 Å². The zero-order valence-corrected chi connectivity index (χ0v) is 14.3. The second-order valence-electron chi connectivity index (χ2n) is 5.12. The van der Waals surface area contributed by atoms with Crippen LogP contribution in [-0.2, 0) is 14.6 Å². The van der Waals surface area contributed by atoms with E-state index in [1.165, 1.54) is 55.5 Å². The second-order valence-corrected chi connectivity index (χ2v) is 7.93. The van der Waals surface area contributed by atoms with Crippen molar-refractivity contribution in [2.45, 2.75) is 23.5 Å². The van der Waals surface area contributed by atoms with Gasteiger partial charge in [0.05, 0.1) is 28.2 Å². The molecule has 0 unspecified atom stereocenters. The van der Waals surface area contributed by atoms with Crippen LogP contribution >= 0.6 is 11.6 Å². The number of sulfone groups is 1. The predicted octanol–water partition coefficient (Wildman–Crippen LogP) is 3.37. The Bertz CT molecular complexity index is 868. The molecule has 0 aliphatic heterocycles. The molecule has 0 aliphatic carbocycles. The van der Waals surface area contributed by atoms with Crippen molar-refractivity contribution < 1.29 is 17.9 Å². The summed E-state index contributed by atoms with van der Waals surface area (Å²) in [6.07, 6.45) is -0.287. The molecule has 0 radical (unpaired) electrons. The zero-order chi connectivity index (χ0) is 17.7. The Morgan fingerprint density at radius 2 is 1.75 bits per heavy atom. The van der Waals surface area contributed by atoms with E-state index in [0.29, 0.717) is 10.6 Å². The van der Waals surface area contributed by atoms with Gasteiger partial charge in [-0.1, -0.05) is 11.6 Å². The molecule has 0 bridgehead atoms. The molecule has 24 heavy (non-hydrogen) atoms. The second kappa shape index (κ2) is 7.47. The summed E-state index contributed by atoms with van der Waals surface area (Å²) in [7, 11) is -3.66. The summed E-state index contributed by atoms with van der Waals surface area (Å²) in [6.45, 7) is 1.45. The van der Waals surface area contributed by atoms with Gasteiger partial charge < -0.3 is 4.74 Å². The van der Waals surface area contributed by atoms with Crippen molar-refractivity contribution in [1.29, 1.82) is 5.26 Å². The van der Waals surface area contributed by atoms with Crippen molar-refractivity contribution >= 4 is 27.4 Å². The average Bonchev–Trinajstić information content (AvgIpc) is 2.55. The van der Waals surface area contributed by atoms with Crippen LogP contribution in [0.4, 0.5) is 0 Å². The molecule has 0 N–H and O–H groups in total. The number of hydrogen-bond donors (Lipinski definition) is 0. The van der Waals surface area contributed by atoms with E-state index in [1.54, 1.807) is 0 Å². The van der Waals surface area contributed by atoms with E-state index in [1.807, 2.05) is 6.07 Å². The van der Waals surface area contributed by atoms with E-state index in [-0.39, 0.29) is 17.1 Å². The molecule has 5 nitrogen and oxygen atoms in total. The lowest BCUT2D eigenvalue weighted by molar-refractivity contribution is -0.134. The maximum absolute atomic E-state index is 12.4. The summed E-state index contributed by atoms with van der Waals surface area (Å²) >= 11 is 5.75. The van der Waals surface area contributed by atoms with Gasteiger partial charge in [0.1, 0.15) is 5.75 Å². The number of hydrogen-bond acceptors (Lipinski definition) is 5. The highest BCUT2D eigenvalue weighted by Gasteiger charge is 2.26. The maximum Gasteiger partial charge on any atom is 0.312 e. The third-order valence-corrected chi connectivity index (χ3v) is 5.75. The quantitative estimate of drug-likeness (QED) is 0.600. The summed E-state index contributed by atoms with van der Waals surface area (Å²) in [5.74, 6) is -0.403. The lowest BCUT2D eigenvalue weighted by Crippen LogP contribution is -2.24. The van der Waals surface area contributed by atoms with Crippen LogP contribution in [-0.4, -0.2) is 19.6 Å². The van der Waals surface area contributed by atoms with Crippen LogP contribution in [0.1, 0.15) is 18.9 Å². The summed E-state index contributed by atoms with van der Waals surface area (Å²) in [4.78, 5) is 12.0. The minimum Gasteiger partial charge on any atom is -0.426 e. The molecule has 0 amide bonds. The lowest BCUT2D eigenvalue weighted by Gasteiger charge is -2.12. The van der Waals surface area contributed by atoms with Crippen molar-refractivity contribution in [2.75, 3.05) is 0 Å². The van der Waals surface area contributed by atoms with Crippen LogP contribution in [0.15, 0.2) is 53.4 Å². The van der Waals surface area contributed by atoms with E-state index >= 15 is 0 Å².